The predicted molar refractivity (Wildman–Crippen MR) is 305 cm³/mol. The molecule has 20 heteroatoms. The van der Waals surface area contributed by atoms with Crippen molar-refractivity contribution < 1.29 is 42.0 Å². The maximum Gasteiger partial charge on any atom is 0.355 e. The lowest BCUT2D eigenvalue weighted by atomic mass is 9.47. The fourth-order valence-corrected chi connectivity index (χ4v) is 14.7. The Morgan fingerprint density at radius 1 is 0.846 bits per heavy atom. The van der Waals surface area contributed by atoms with Crippen molar-refractivity contribution in [3.63, 3.8) is 0 Å². The fraction of sp³-hybridized carbons (Fsp3) is 0.569. The Bertz CT molecular complexity index is 3050. The zero-order valence-corrected chi connectivity index (χ0v) is 47.9. The van der Waals surface area contributed by atoms with Crippen molar-refractivity contribution in [3.05, 3.63) is 88.9 Å². The highest BCUT2D eigenvalue weighted by atomic mass is 32.2. The van der Waals surface area contributed by atoms with Crippen LogP contribution in [0.25, 0.3) is 21.3 Å². The maximum atomic E-state index is 13.8. The lowest BCUT2D eigenvalue weighted by molar-refractivity contribution is -0.198. The molecule has 2 saturated carbocycles. The molecule has 3 atom stereocenters. The number of nitrogens with zero attached hydrogens (tertiary/aromatic N) is 6. The first-order chi connectivity index (χ1) is 37.1. The topological polar surface area (TPSA) is 238 Å². The van der Waals surface area contributed by atoms with Crippen molar-refractivity contribution in [2.75, 3.05) is 61.8 Å². The van der Waals surface area contributed by atoms with E-state index >= 15 is 0 Å². The SMILES string of the molecule is CCC(=O)NCCCCCC(=O)NCCCN(CCOC12CC(C)(C)CC(C)(CC(CC)(Cn3ncc(-c4ccc(N5CCc6cccc(C(=O)Nc7nc8ccccc8s7)c6C5)nc4C(=O)O)c3C)C1)C2)CCS(=O)(=O)O. The molecule has 2 fully saturated rings. The van der Waals surface area contributed by atoms with E-state index in [-0.39, 0.29) is 46.2 Å². The van der Waals surface area contributed by atoms with Crippen LogP contribution >= 0.6 is 11.3 Å². The highest BCUT2D eigenvalue weighted by molar-refractivity contribution is 7.85. The average Bonchev–Trinajstić information content (AvgIpc) is 4.06. The molecule has 422 valence electrons. The number of pyridine rings is 1. The van der Waals surface area contributed by atoms with Gasteiger partial charge in [0.15, 0.2) is 10.8 Å². The molecule has 78 heavy (non-hydrogen) atoms. The summed E-state index contributed by atoms with van der Waals surface area (Å²) in [6.45, 7) is 17.1. The smallest absolute Gasteiger partial charge is 0.355 e. The highest BCUT2D eigenvalue weighted by Gasteiger charge is 2.59. The minimum Gasteiger partial charge on any atom is -0.476 e. The van der Waals surface area contributed by atoms with Crippen LogP contribution < -0.4 is 20.9 Å². The molecule has 1 aliphatic heterocycles. The first-order valence-corrected chi connectivity index (χ1v) is 30.2. The molecule has 3 unspecified atom stereocenters. The number of fused-ring (bicyclic) bond motifs is 4. The van der Waals surface area contributed by atoms with Gasteiger partial charge in [0.05, 0.1) is 34.4 Å². The van der Waals surface area contributed by atoms with Crippen LogP contribution in [0.4, 0.5) is 10.9 Å². The largest absolute Gasteiger partial charge is 0.476 e. The van der Waals surface area contributed by atoms with Gasteiger partial charge in [0.25, 0.3) is 16.0 Å². The molecule has 5 aromatic rings. The van der Waals surface area contributed by atoms with E-state index in [0.717, 1.165) is 84.8 Å². The molecule has 0 radical (unpaired) electrons. The number of carboxylic acids is 1. The van der Waals surface area contributed by atoms with Gasteiger partial charge in [-0.1, -0.05) is 76.6 Å². The molecule has 0 spiro atoms. The number of hydrogen-bond acceptors (Lipinski definition) is 13. The quantitative estimate of drug-likeness (QED) is 0.0256. The van der Waals surface area contributed by atoms with E-state index in [1.165, 1.54) is 11.3 Å². The number of hydrogen-bond donors (Lipinski definition) is 5. The van der Waals surface area contributed by atoms with Crippen LogP contribution in [-0.4, -0.2) is 124 Å². The van der Waals surface area contributed by atoms with E-state index in [0.29, 0.717) is 106 Å². The summed E-state index contributed by atoms with van der Waals surface area (Å²) in [7, 11) is -4.21. The molecule has 3 aliphatic rings. The molecule has 2 aromatic carbocycles. The minimum absolute atomic E-state index is 0.00817. The Hall–Kier alpha value is -5.80. The van der Waals surface area contributed by atoms with E-state index in [4.69, 9.17) is 14.8 Å². The summed E-state index contributed by atoms with van der Waals surface area (Å²) < 4.78 is 43.7. The number of carboxylic acid groups (broad SMARTS) is 1. The van der Waals surface area contributed by atoms with E-state index in [1.807, 2.05) is 82.9 Å². The van der Waals surface area contributed by atoms with Gasteiger partial charge >= 0.3 is 5.97 Å². The summed E-state index contributed by atoms with van der Waals surface area (Å²) in [5, 5.41) is 25.0. The molecule has 2 bridgehead atoms. The number of benzene rings is 2. The number of nitrogens with one attached hydrogen (secondary N) is 3. The van der Waals surface area contributed by atoms with Crippen LogP contribution in [0.1, 0.15) is 149 Å². The molecule has 0 saturated heterocycles. The Labute approximate surface area is 463 Å². The average molecular weight is 1110 g/mol. The lowest BCUT2D eigenvalue weighted by Crippen LogP contribution is -2.58. The number of para-hydroxylation sites is 1. The zero-order chi connectivity index (χ0) is 55.9. The van der Waals surface area contributed by atoms with Crippen molar-refractivity contribution in [3.8, 4) is 11.1 Å². The summed E-state index contributed by atoms with van der Waals surface area (Å²) >= 11 is 1.42. The molecular weight excluding hydrogens is 1030 g/mol. The van der Waals surface area contributed by atoms with Crippen molar-refractivity contribution in [1.82, 2.24) is 35.3 Å². The van der Waals surface area contributed by atoms with Gasteiger partial charge in [-0.15, -0.1) is 0 Å². The Balaban J connectivity index is 0.928. The standard InChI is InChI=1S/C58H79N9O9S2/c1-7-49(68)59-24-13-9-10-20-50(69)60-25-15-26-65(29-31-78(73,74)75)28-30-76-58-35-55(4,5)34-56(6,37-58)36-57(8-2,38-58)39-67-40(3)44(32-61-67)42-21-22-48(63-51(42)53(71)72)66-27-23-41-16-14-17-43(45(41)33-66)52(70)64-54-62-46-18-11-12-19-47(46)77-54/h11-12,14,16-19,21-22,32H,7-10,13,15,20,23-31,33-39H2,1-6H3,(H,59,68)(H,60,69)(H,71,72)(H,62,64,70)(H,73,74,75). The Morgan fingerprint density at radius 2 is 1.63 bits per heavy atom. The van der Waals surface area contributed by atoms with Crippen LogP contribution in [0.2, 0.25) is 0 Å². The summed E-state index contributed by atoms with van der Waals surface area (Å²) in [5.41, 5.74) is 4.51. The van der Waals surface area contributed by atoms with Gasteiger partial charge in [0.1, 0.15) is 5.82 Å². The number of amides is 3. The molecular formula is C58H79N9O9S2. The van der Waals surface area contributed by atoms with E-state index < -0.39 is 27.4 Å². The molecule has 4 heterocycles. The first-order valence-electron chi connectivity index (χ1n) is 27.7. The molecule has 8 rings (SSSR count). The lowest BCUT2D eigenvalue weighted by Gasteiger charge is -2.62. The number of aromatic carboxylic acids is 1. The normalized spacial score (nSPS) is 20.8. The monoisotopic (exact) mass is 1110 g/mol. The highest BCUT2D eigenvalue weighted by Crippen LogP contribution is 2.64. The minimum atomic E-state index is -4.21. The third kappa shape index (κ3) is 14.7. The van der Waals surface area contributed by atoms with Crippen LogP contribution in [0.3, 0.4) is 0 Å². The summed E-state index contributed by atoms with van der Waals surface area (Å²) in [4.78, 5) is 64.3. The van der Waals surface area contributed by atoms with Crippen LogP contribution in [0.15, 0.2) is 60.8 Å². The molecule has 3 aromatic heterocycles. The van der Waals surface area contributed by atoms with Crippen LogP contribution in [-0.2, 0) is 44.0 Å². The van der Waals surface area contributed by atoms with E-state index in [9.17, 15) is 37.3 Å². The first kappa shape index (κ1) is 58.4. The van der Waals surface area contributed by atoms with Gasteiger partial charge in [-0.25, -0.2) is 14.8 Å². The van der Waals surface area contributed by atoms with Crippen LogP contribution in [0.5, 0.6) is 0 Å². The summed E-state index contributed by atoms with van der Waals surface area (Å²) in [6.07, 6.45) is 11.6. The van der Waals surface area contributed by atoms with Crippen molar-refractivity contribution in [2.45, 2.75) is 144 Å². The molecule has 18 nitrogen and oxygen atoms in total. The number of ether oxygens (including phenoxy) is 1. The zero-order valence-electron chi connectivity index (χ0n) is 46.3. The summed E-state index contributed by atoms with van der Waals surface area (Å²) in [5.74, 6) is -1.32. The van der Waals surface area contributed by atoms with Gasteiger partial charge in [0.2, 0.25) is 11.8 Å². The molecule has 3 amide bonds. The second-order valence-corrected chi connectivity index (χ2v) is 25.9. The van der Waals surface area contributed by atoms with E-state index in [2.05, 4.69) is 48.6 Å². The second kappa shape index (κ2) is 24.7. The second-order valence-electron chi connectivity index (χ2n) is 23.3. The Morgan fingerprint density at radius 3 is 2.38 bits per heavy atom. The summed E-state index contributed by atoms with van der Waals surface area (Å²) in [6, 6.07) is 17.2. The van der Waals surface area contributed by atoms with Gasteiger partial charge in [-0.05, 0) is 135 Å². The molecule has 5 N–H and O–H groups in total. The Kier molecular flexibility index (Phi) is 18.5. The van der Waals surface area contributed by atoms with Crippen molar-refractivity contribution >= 4 is 66.3 Å². The van der Waals surface area contributed by atoms with Gasteiger partial charge in [0, 0.05) is 81.0 Å². The number of carbonyl (C=O) groups excluding carboxylic acids is 3. The third-order valence-corrected chi connectivity index (χ3v) is 17.9. The number of anilines is 2. The number of carbonyl (C=O) groups is 4. The predicted octanol–water partition coefficient (Wildman–Crippen LogP) is 9.32. The number of aromatic nitrogens is 4. The fourth-order valence-electron chi connectivity index (χ4n) is 13.3. The number of thiazole rings is 1. The van der Waals surface area contributed by atoms with Gasteiger partial charge in [-0.2, -0.15) is 13.5 Å². The maximum absolute atomic E-state index is 13.8. The molecule has 2 aliphatic carbocycles. The third-order valence-electron chi connectivity index (χ3n) is 16.2. The van der Waals surface area contributed by atoms with Crippen molar-refractivity contribution in [1.29, 1.82) is 0 Å². The van der Waals surface area contributed by atoms with Gasteiger partial charge in [-0.3, -0.25) is 33.8 Å². The number of rotatable bonds is 26. The van der Waals surface area contributed by atoms with E-state index in [1.54, 1.807) is 6.20 Å². The van der Waals surface area contributed by atoms with Crippen LogP contribution in [0, 0.1) is 23.2 Å². The number of unbranched alkanes of at least 4 members (excludes halogenated alkanes) is 2. The van der Waals surface area contributed by atoms with Gasteiger partial charge < -0.3 is 25.4 Å². The van der Waals surface area contributed by atoms with Crippen molar-refractivity contribution in [2.24, 2.45) is 16.2 Å².